The zero-order valence-electron chi connectivity index (χ0n) is 8.50. The van der Waals surface area contributed by atoms with Crippen molar-refractivity contribution in [2.24, 2.45) is 0 Å². The number of aromatic nitrogens is 2. The molecule has 0 spiro atoms. The van der Waals surface area contributed by atoms with Crippen molar-refractivity contribution in [2.75, 3.05) is 0 Å². The maximum atomic E-state index is 10.8. The molecule has 6 heteroatoms. The van der Waals surface area contributed by atoms with E-state index in [0.717, 1.165) is 0 Å². The normalized spacial score (nSPS) is 9.94. The van der Waals surface area contributed by atoms with Gasteiger partial charge in [0.1, 0.15) is 12.1 Å². The first-order valence-corrected chi connectivity index (χ1v) is 5.43. The Labute approximate surface area is 105 Å². The highest BCUT2D eigenvalue weighted by molar-refractivity contribution is 9.10. The first-order chi connectivity index (χ1) is 8.16. The highest BCUT2D eigenvalue weighted by Gasteiger charge is 2.09. The molecule has 2 aromatic rings. The van der Waals surface area contributed by atoms with Crippen LogP contribution < -0.4 is 4.74 Å². The Balaban J connectivity index is 2.32. The molecule has 0 unspecified atom stereocenters. The van der Waals surface area contributed by atoms with Crippen LogP contribution in [0, 0.1) is 0 Å². The summed E-state index contributed by atoms with van der Waals surface area (Å²) in [6.07, 6.45) is 2.89. The Morgan fingerprint density at radius 2 is 2.18 bits per heavy atom. The van der Waals surface area contributed by atoms with Crippen molar-refractivity contribution < 1.29 is 14.6 Å². The number of hydrogen-bond donors (Lipinski definition) is 1. The molecule has 0 aliphatic heterocycles. The highest BCUT2D eigenvalue weighted by Crippen LogP contribution is 2.29. The Kier molecular flexibility index (Phi) is 3.34. The number of carbonyl (C=O) groups is 1. The van der Waals surface area contributed by atoms with Gasteiger partial charge in [0.25, 0.3) is 0 Å². The summed E-state index contributed by atoms with van der Waals surface area (Å²) in [5.41, 5.74) is 0.150. The second kappa shape index (κ2) is 4.92. The van der Waals surface area contributed by atoms with Gasteiger partial charge in [-0.2, -0.15) is 0 Å². The van der Waals surface area contributed by atoms with Crippen molar-refractivity contribution >= 4 is 21.9 Å². The van der Waals surface area contributed by atoms with Crippen LogP contribution in [-0.4, -0.2) is 21.0 Å². The highest BCUT2D eigenvalue weighted by atomic mass is 79.9. The largest absolute Gasteiger partial charge is 0.478 e. The second-order valence-corrected chi connectivity index (χ2v) is 3.95. The summed E-state index contributed by atoms with van der Waals surface area (Å²) in [6.45, 7) is 0. The lowest BCUT2D eigenvalue weighted by Gasteiger charge is -2.07. The van der Waals surface area contributed by atoms with E-state index in [2.05, 4.69) is 25.9 Å². The molecule has 1 heterocycles. The fourth-order valence-electron chi connectivity index (χ4n) is 1.17. The predicted octanol–water partition coefficient (Wildman–Crippen LogP) is 2.73. The zero-order chi connectivity index (χ0) is 12.3. The topological polar surface area (TPSA) is 72.3 Å². The molecule has 0 radical (unpaired) electrons. The minimum atomic E-state index is -1.01. The Morgan fingerprint density at radius 3 is 2.82 bits per heavy atom. The number of aromatic carboxylic acids is 1. The average molecular weight is 295 g/mol. The molecular weight excluding hydrogens is 288 g/mol. The third-order valence-corrected chi connectivity index (χ3v) is 2.60. The number of carboxylic acids is 1. The van der Waals surface area contributed by atoms with Crippen molar-refractivity contribution in [3.8, 4) is 11.6 Å². The van der Waals surface area contributed by atoms with E-state index in [0.29, 0.717) is 16.1 Å². The van der Waals surface area contributed by atoms with Gasteiger partial charge in [-0.3, -0.25) is 0 Å². The Morgan fingerprint density at radius 1 is 1.35 bits per heavy atom. The van der Waals surface area contributed by atoms with Gasteiger partial charge < -0.3 is 9.84 Å². The van der Waals surface area contributed by atoms with E-state index in [1.807, 2.05) is 0 Å². The number of benzene rings is 1. The van der Waals surface area contributed by atoms with Crippen LogP contribution in [0.25, 0.3) is 0 Å². The summed E-state index contributed by atoms with van der Waals surface area (Å²) in [5.74, 6) is -0.267. The number of halogens is 1. The molecule has 0 fully saturated rings. The molecular formula is C11H7BrN2O3. The summed E-state index contributed by atoms with van der Waals surface area (Å²) in [6, 6.07) is 6.10. The van der Waals surface area contributed by atoms with Gasteiger partial charge in [-0.25, -0.2) is 14.8 Å². The van der Waals surface area contributed by atoms with E-state index in [4.69, 9.17) is 9.84 Å². The molecule has 17 heavy (non-hydrogen) atoms. The Bertz CT molecular complexity index is 546. The van der Waals surface area contributed by atoms with Crippen molar-refractivity contribution in [3.63, 3.8) is 0 Å². The van der Waals surface area contributed by atoms with E-state index in [9.17, 15) is 4.79 Å². The fraction of sp³-hybridized carbons (Fsp3) is 0. The number of carboxylic acid groups (broad SMARTS) is 1. The predicted molar refractivity (Wildman–Crippen MR) is 63.2 cm³/mol. The molecule has 86 valence electrons. The number of hydrogen-bond acceptors (Lipinski definition) is 4. The summed E-state index contributed by atoms with van der Waals surface area (Å²) in [7, 11) is 0. The SMILES string of the molecule is O=C(O)c1ccc(Br)c(Oc2ccncn2)c1. The van der Waals surface area contributed by atoms with Crippen LogP contribution >= 0.6 is 15.9 Å². The van der Waals surface area contributed by atoms with Crippen LogP contribution in [0.5, 0.6) is 11.6 Å². The summed E-state index contributed by atoms with van der Waals surface area (Å²) >= 11 is 3.28. The number of rotatable bonds is 3. The summed E-state index contributed by atoms with van der Waals surface area (Å²) < 4.78 is 6.09. The summed E-state index contributed by atoms with van der Waals surface area (Å²) in [5, 5.41) is 8.87. The van der Waals surface area contributed by atoms with Crippen LogP contribution in [0.2, 0.25) is 0 Å². The number of nitrogens with zero attached hydrogens (tertiary/aromatic N) is 2. The van der Waals surface area contributed by atoms with Crippen molar-refractivity contribution in [2.45, 2.75) is 0 Å². The van der Waals surface area contributed by atoms with Crippen molar-refractivity contribution in [1.82, 2.24) is 9.97 Å². The van der Waals surface area contributed by atoms with Crippen LogP contribution in [0.1, 0.15) is 10.4 Å². The maximum Gasteiger partial charge on any atom is 0.335 e. The lowest BCUT2D eigenvalue weighted by molar-refractivity contribution is 0.0696. The molecule has 0 bridgehead atoms. The first kappa shape index (κ1) is 11.5. The molecule has 0 amide bonds. The van der Waals surface area contributed by atoms with Gasteiger partial charge >= 0.3 is 5.97 Å². The van der Waals surface area contributed by atoms with E-state index >= 15 is 0 Å². The molecule has 5 nitrogen and oxygen atoms in total. The van der Waals surface area contributed by atoms with Crippen LogP contribution in [0.15, 0.2) is 41.3 Å². The van der Waals surface area contributed by atoms with Crippen molar-refractivity contribution in [3.05, 3.63) is 46.8 Å². The van der Waals surface area contributed by atoms with Gasteiger partial charge in [0.15, 0.2) is 0 Å². The average Bonchev–Trinajstić information content (AvgIpc) is 2.33. The molecule has 1 aromatic carbocycles. The van der Waals surface area contributed by atoms with E-state index < -0.39 is 5.97 Å². The van der Waals surface area contributed by atoms with Crippen LogP contribution in [-0.2, 0) is 0 Å². The number of ether oxygens (including phenoxy) is 1. The smallest absolute Gasteiger partial charge is 0.335 e. The van der Waals surface area contributed by atoms with E-state index in [1.54, 1.807) is 12.1 Å². The minimum absolute atomic E-state index is 0.150. The zero-order valence-corrected chi connectivity index (χ0v) is 10.1. The fourth-order valence-corrected chi connectivity index (χ4v) is 1.49. The molecule has 0 saturated carbocycles. The molecule has 0 aliphatic rings. The van der Waals surface area contributed by atoms with Gasteiger partial charge in [0.2, 0.25) is 5.88 Å². The Hall–Kier alpha value is -1.95. The lowest BCUT2D eigenvalue weighted by Crippen LogP contribution is -1.97. The summed E-state index contributed by atoms with van der Waals surface area (Å²) in [4.78, 5) is 18.5. The van der Waals surface area contributed by atoms with Gasteiger partial charge in [-0.15, -0.1) is 0 Å². The molecule has 0 saturated heterocycles. The monoisotopic (exact) mass is 294 g/mol. The molecule has 0 atom stereocenters. The van der Waals surface area contributed by atoms with Gasteiger partial charge in [0.05, 0.1) is 10.0 Å². The van der Waals surface area contributed by atoms with Crippen LogP contribution in [0.4, 0.5) is 0 Å². The van der Waals surface area contributed by atoms with E-state index in [1.165, 1.54) is 24.7 Å². The minimum Gasteiger partial charge on any atom is -0.478 e. The maximum absolute atomic E-state index is 10.8. The second-order valence-electron chi connectivity index (χ2n) is 3.10. The standard InChI is InChI=1S/C11H7BrN2O3/c12-8-2-1-7(11(15)16)5-9(8)17-10-3-4-13-6-14-10/h1-6H,(H,15,16). The van der Waals surface area contributed by atoms with Gasteiger partial charge in [0, 0.05) is 12.3 Å². The first-order valence-electron chi connectivity index (χ1n) is 4.63. The van der Waals surface area contributed by atoms with Gasteiger partial charge in [-0.05, 0) is 34.1 Å². The van der Waals surface area contributed by atoms with E-state index in [-0.39, 0.29) is 5.56 Å². The molecule has 2 rings (SSSR count). The van der Waals surface area contributed by atoms with Crippen molar-refractivity contribution in [1.29, 1.82) is 0 Å². The lowest BCUT2D eigenvalue weighted by atomic mass is 10.2. The molecule has 0 aliphatic carbocycles. The quantitative estimate of drug-likeness (QED) is 0.942. The molecule has 1 N–H and O–H groups in total. The molecule has 1 aromatic heterocycles. The third-order valence-electron chi connectivity index (χ3n) is 1.95. The van der Waals surface area contributed by atoms with Gasteiger partial charge in [-0.1, -0.05) is 0 Å². The van der Waals surface area contributed by atoms with Crippen LogP contribution in [0.3, 0.4) is 0 Å². The third kappa shape index (κ3) is 2.79.